The first kappa shape index (κ1) is 27.4. The highest BCUT2D eigenvalue weighted by Crippen LogP contribution is 2.34. The van der Waals surface area contributed by atoms with Gasteiger partial charge >= 0.3 is 6.18 Å². The van der Waals surface area contributed by atoms with Gasteiger partial charge in [-0.15, -0.1) is 0 Å². The molecule has 0 atom stereocenters. The fourth-order valence-electron chi connectivity index (χ4n) is 5.06. The zero-order chi connectivity index (χ0) is 26.4. The Morgan fingerprint density at radius 1 is 0.946 bits per heavy atom. The molecule has 0 N–H and O–H groups in total. The zero-order valence-corrected chi connectivity index (χ0v) is 20.9. The van der Waals surface area contributed by atoms with Gasteiger partial charge in [-0.3, -0.25) is 0 Å². The lowest BCUT2D eigenvalue weighted by Crippen LogP contribution is -2.38. The summed E-state index contributed by atoms with van der Waals surface area (Å²) in [6, 6.07) is 5.52. The van der Waals surface area contributed by atoms with Crippen LogP contribution in [-0.2, 0) is 9.47 Å². The molecule has 2 aromatic carbocycles. The van der Waals surface area contributed by atoms with Crippen molar-refractivity contribution in [1.82, 2.24) is 0 Å². The summed E-state index contributed by atoms with van der Waals surface area (Å²) in [7, 11) is 0. The Balaban J connectivity index is 1.34. The van der Waals surface area contributed by atoms with Gasteiger partial charge in [-0.05, 0) is 55.7 Å². The molecular weight excluding hydrogens is 487 g/mol. The summed E-state index contributed by atoms with van der Waals surface area (Å²) in [6.45, 7) is 3.75. The van der Waals surface area contributed by atoms with Crippen molar-refractivity contribution in [3.63, 3.8) is 0 Å². The first-order valence-electron chi connectivity index (χ1n) is 13.0. The SMILES string of the molecule is CCCCCC1COC(C2CCC(C#Cc3ccc4c(F)c(C#CC(F)(F)F)c(F)cc4c3)CC2)OC1. The Kier molecular flexibility index (Phi) is 9.11. The highest BCUT2D eigenvalue weighted by atomic mass is 19.4. The smallest absolute Gasteiger partial charge is 0.352 e. The first-order valence-corrected chi connectivity index (χ1v) is 13.0. The lowest BCUT2D eigenvalue weighted by molar-refractivity contribution is -0.229. The Morgan fingerprint density at radius 3 is 2.35 bits per heavy atom. The predicted octanol–water partition coefficient (Wildman–Crippen LogP) is 7.76. The monoisotopic (exact) mass is 518 g/mol. The highest BCUT2D eigenvalue weighted by molar-refractivity contribution is 5.86. The molecule has 7 heteroatoms. The van der Waals surface area contributed by atoms with E-state index >= 15 is 0 Å². The minimum atomic E-state index is -4.83. The molecule has 0 spiro atoms. The second-order valence-electron chi connectivity index (χ2n) is 10.0. The molecule has 1 aliphatic carbocycles. The molecule has 2 aliphatic rings. The summed E-state index contributed by atoms with van der Waals surface area (Å²) in [4.78, 5) is 0. The molecule has 4 rings (SSSR count). The minimum absolute atomic E-state index is 0.000910. The average molecular weight is 519 g/mol. The van der Waals surface area contributed by atoms with Gasteiger partial charge in [0.05, 0.1) is 18.8 Å². The van der Waals surface area contributed by atoms with Crippen LogP contribution in [0.5, 0.6) is 0 Å². The number of rotatable bonds is 5. The Labute approximate surface area is 214 Å². The normalized spacial score (nSPS) is 24.2. The van der Waals surface area contributed by atoms with Crippen molar-refractivity contribution in [2.24, 2.45) is 17.8 Å². The van der Waals surface area contributed by atoms with Crippen molar-refractivity contribution in [2.45, 2.75) is 70.8 Å². The number of fused-ring (bicyclic) bond motifs is 1. The van der Waals surface area contributed by atoms with E-state index in [9.17, 15) is 22.0 Å². The Morgan fingerprint density at radius 2 is 1.68 bits per heavy atom. The standard InChI is InChI=1S/C30H31F5O2/c1-2-3-4-5-22-18-36-29(37-19-22)23-11-8-20(9-12-23)6-7-21-10-13-25-24(16-21)17-27(31)26(28(25)32)14-15-30(33,34)35/h10,13,16-17,20,22-23,29H,2-5,8-9,11-12,18-19H2,1H3. The fourth-order valence-corrected chi connectivity index (χ4v) is 5.06. The van der Waals surface area contributed by atoms with Gasteiger partial charge in [0.25, 0.3) is 0 Å². The van der Waals surface area contributed by atoms with E-state index in [4.69, 9.17) is 9.47 Å². The van der Waals surface area contributed by atoms with Crippen LogP contribution in [0.3, 0.4) is 0 Å². The number of ether oxygens (including phenoxy) is 2. The maximum Gasteiger partial charge on any atom is 0.458 e. The van der Waals surface area contributed by atoms with E-state index < -0.39 is 23.4 Å². The molecule has 1 aliphatic heterocycles. The molecule has 0 amide bonds. The summed E-state index contributed by atoms with van der Waals surface area (Å²) in [6.07, 6.45) is 3.68. The van der Waals surface area contributed by atoms with E-state index in [1.807, 2.05) is 0 Å². The fraction of sp³-hybridized carbons (Fsp3) is 0.533. The van der Waals surface area contributed by atoms with Crippen LogP contribution in [0.25, 0.3) is 10.8 Å². The third-order valence-electron chi connectivity index (χ3n) is 7.14. The van der Waals surface area contributed by atoms with E-state index in [0.717, 1.165) is 57.3 Å². The number of halogens is 5. The van der Waals surface area contributed by atoms with Gasteiger partial charge in [0.1, 0.15) is 11.6 Å². The molecule has 198 valence electrons. The van der Waals surface area contributed by atoms with Crippen LogP contribution in [-0.4, -0.2) is 25.7 Å². The zero-order valence-electron chi connectivity index (χ0n) is 20.9. The van der Waals surface area contributed by atoms with Crippen molar-refractivity contribution in [3.8, 4) is 23.7 Å². The van der Waals surface area contributed by atoms with Crippen molar-refractivity contribution in [1.29, 1.82) is 0 Å². The Hall–Kier alpha value is -2.61. The van der Waals surface area contributed by atoms with Gasteiger partial charge in [-0.2, -0.15) is 13.2 Å². The second kappa shape index (κ2) is 12.3. The van der Waals surface area contributed by atoms with Crippen molar-refractivity contribution < 1.29 is 31.4 Å². The number of hydrogen-bond acceptors (Lipinski definition) is 2. The van der Waals surface area contributed by atoms with Crippen molar-refractivity contribution >= 4 is 10.8 Å². The molecule has 0 radical (unpaired) electrons. The molecule has 2 nitrogen and oxygen atoms in total. The van der Waals surface area contributed by atoms with E-state index in [-0.39, 0.29) is 23.0 Å². The largest absolute Gasteiger partial charge is 0.458 e. The van der Waals surface area contributed by atoms with Gasteiger partial charge in [0.15, 0.2) is 6.29 Å². The number of hydrogen-bond donors (Lipinski definition) is 0. The maximum atomic E-state index is 14.6. The lowest BCUT2D eigenvalue weighted by Gasteiger charge is -2.37. The molecule has 2 aromatic rings. The third-order valence-corrected chi connectivity index (χ3v) is 7.14. The summed E-state index contributed by atoms with van der Waals surface area (Å²) in [5.74, 6) is 7.69. The molecule has 1 saturated heterocycles. The van der Waals surface area contributed by atoms with E-state index in [1.54, 1.807) is 18.1 Å². The number of benzene rings is 2. The van der Waals surface area contributed by atoms with Gasteiger partial charge < -0.3 is 9.47 Å². The van der Waals surface area contributed by atoms with Crippen LogP contribution in [0, 0.1) is 53.1 Å². The maximum absolute atomic E-state index is 14.6. The molecule has 1 heterocycles. The molecule has 37 heavy (non-hydrogen) atoms. The summed E-state index contributed by atoms with van der Waals surface area (Å²) >= 11 is 0. The van der Waals surface area contributed by atoms with Crippen LogP contribution in [0.15, 0.2) is 24.3 Å². The average Bonchev–Trinajstić information content (AvgIpc) is 2.87. The molecule has 0 aromatic heterocycles. The van der Waals surface area contributed by atoms with E-state index in [0.29, 0.717) is 17.4 Å². The predicted molar refractivity (Wildman–Crippen MR) is 132 cm³/mol. The van der Waals surface area contributed by atoms with Crippen molar-refractivity contribution in [2.75, 3.05) is 13.2 Å². The molecule has 0 unspecified atom stereocenters. The van der Waals surface area contributed by atoms with Crippen LogP contribution in [0.2, 0.25) is 0 Å². The van der Waals surface area contributed by atoms with E-state index in [1.165, 1.54) is 25.3 Å². The van der Waals surface area contributed by atoms with Gasteiger partial charge in [0, 0.05) is 34.6 Å². The van der Waals surface area contributed by atoms with Gasteiger partial charge in [-0.1, -0.05) is 50.0 Å². The summed E-state index contributed by atoms with van der Waals surface area (Å²) in [5, 5.41) is 0.224. The molecular formula is C30H31F5O2. The van der Waals surface area contributed by atoms with Crippen LogP contribution >= 0.6 is 0 Å². The first-order chi connectivity index (χ1) is 17.7. The minimum Gasteiger partial charge on any atom is -0.352 e. The number of unbranched alkanes of at least 4 members (excludes halogenated alkanes) is 2. The molecule has 1 saturated carbocycles. The van der Waals surface area contributed by atoms with Crippen molar-refractivity contribution in [3.05, 3.63) is 47.0 Å². The van der Waals surface area contributed by atoms with Crippen LogP contribution in [0.4, 0.5) is 22.0 Å². The molecule has 2 fully saturated rings. The highest BCUT2D eigenvalue weighted by Gasteiger charge is 2.32. The van der Waals surface area contributed by atoms with Gasteiger partial charge in [0.2, 0.25) is 0 Å². The topological polar surface area (TPSA) is 18.5 Å². The third kappa shape index (κ3) is 7.46. The van der Waals surface area contributed by atoms with Crippen LogP contribution < -0.4 is 0 Å². The molecule has 0 bridgehead atoms. The van der Waals surface area contributed by atoms with Crippen LogP contribution in [0.1, 0.15) is 69.4 Å². The van der Waals surface area contributed by atoms with E-state index in [2.05, 4.69) is 18.8 Å². The summed E-state index contributed by atoms with van der Waals surface area (Å²) in [5.41, 5.74) is -0.297. The quantitative estimate of drug-likeness (QED) is 0.229. The Bertz CT molecular complexity index is 1200. The summed E-state index contributed by atoms with van der Waals surface area (Å²) < 4.78 is 78.0. The lowest BCUT2D eigenvalue weighted by atomic mass is 9.81. The van der Waals surface area contributed by atoms with Gasteiger partial charge in [-0.25, -0.2) is 8.78 Å². The number of alkyl halides is 3. The second-order valence-corrected chi connectivity index (χ2v) is 10.0.